The molecule has 1 saturated heterocycles. The lowest BCUT2D eigenvalue weighted by Crippen LogP contribution is -2.43. The van der Waals surface area contributed by atoms with Gasteiger partial charge in [-0.1, -0.05) is 18.7 Å². The Kier molecular flexibility index (Phi) is 7.88. The third-order valence-corrected chi connectivity index (χ3v) is 5.91. The van der Waals surface area contributed by atoms with Crippen molar-refractivity contribution in [3.05, 3.63) is 54.1 Å². The van der Waals surface area contributed by atoms with E-state index in [1.54, 1.807) is 55.6 Å². The predicted octanol–water partition coefficient (Wildman–Crippen LogP) is 3.85. The Morgan fingerprint density at radius 3 is 2.47 bits per heavy atom. The highest BCUT2D eigenvalue weighted by molar-refractivity contribution is 8.15. The van der Waals surface area contributed by atoms with Gasteiger partial charge in [-0.3, -0.25) is 14.5 Å². The number of methoxy groups -OCH3 is 1. The van der Waals surface area contributed by atoms with Gasteiger partial charge >= 0.3 is 5.97 Å². The number of benzene rings is 2. The summed E-state index contributed by atoms with van der Waals surface area (Å²) in [6, 6.07) is 13.6. The molecular formula is C23H25N3O5S. The molecule has 0 bridgehead atoms. The number of amidine groups is 1. The van der Waals surface area contributed by atoms with Crippen LogP contribution in [0.1, 0.15) is 30.1 Å². The van der Waals surface area contributed by atoms with Crippen molar-refractivity contribution in [3.63, 3.8) is 0 Å². The first-order valence-electron chi connectivity index (χ1n) is 10.1. The minimum absolute atomic E-state index is 0.0744. The lowest BCUT2D eigenvalue weighted by atomic mass is 10.2. The van der Waals surface area contributed by atoms with Gasteiger partial charge in [0.2, 0.25) is 11.8 Å². The van der Waals surface area contributed by atoms with Gasteiger partial charge in [0.25, 0.3) is 0 Å². The van der Waals surface area contributed by atoms with Gasteiger partial charge in [-0.15, -0.1) is 0 Å². The number of anilines is 1. The number of hydrogen-bond donors (Lipinski definition) is 1. The number of rotatable bonds is 7. The molecule has 9 heteroatoms. The molecule has 3 rings (SSSR count). The lowest BCUT2D eigenvalue weighted by molar-refractivity contribution is -0.128. The first kappa shape index (κ1) is 23.3. The second-order valence-corrected chi connectivity index (χ2v) is 8.23. The van der Waals surface area contributed by atoms with Crippen molar-refractivity contribution in [1.82, 2.24) is 4.90 Å². The fourth-order valence-electron chi connectivity index (χ4n) is 2.88. The number of ether oxygens (including phenoxy) is 2. The van der Waals surface area contributed by atoms with Gasteiger partial charge in [0, 0.05) is 19.2 Å². The highest BCUT2D eigenvalue weighted by atomic mass is 32.2. The van der Waals surface area contributed by atoms with Crippen molar-refractivity contribution in [2.75, 3.05) is 26.1 Å². The summed E-state index contributed by atoms with van der Waals surface area (Å²) in [6.07, 6.45) is 0.990. The third kappa shape index (κ3) is 5.88. The number of nitrogens with zero attached hydrogens (tertiary/aromatic N) is 2. The number of amides is 2. The number of nitrogens with one attached hydrogen (secondary N) is 1. The van der Waals surface area contributed by atoms with E-state index < -0.39 is 11.2 Å². The molecule has 1 aliphatic rings. The van der Waals surface area contributed by atoms with Crippen LogP contribution in [-0.4, -0.2) is 53.9 Å². The summed E-state index contributed by atoms with van der Waals surface area (Å²) in [7, 11) is 2.94. The quantitative estimate of drug-likeness (QED) is 0.637. The molecule has 0 spiro atoms. The molecule has 1 heterocycles. The first-order valence-corrected chi connectivity index (χ1v) is 11.0. The summed E-state index contributed by atoms with van der Waals surface area (Å²) in [4.78, 5) is 42.8. The number of thioether (sulfide) groups is 1. The maximum atomic E-state index is 12.8. The summed E-state index contributed by atoms with van der Waals surface area (Å²) < 4.78 is 10.2. The summed E-state index contributed by atoms with van der Waals surface area (Å²) in [5, 5.41) is 2.65. The maximum absolute atomic E-state index is 12.8. The fraction of sp³-hybridized carbons (Fsp3) is 0.304. The number of hydrogen-bond acceptors (Lipinski definition) is 7. The molecule has 0 saturated carbocycles. The van der Waals surface area contributed by atoms with Crippen LogP contribution >= 0.6 is 11.8 Å². The molecule has 8 nitrogen and oxygen atoms in total. The van der Waals surface area contributed by atoms with Crippen LogP contribution in [0.25, 0.3) is 0 Å². The predicted molar refractivity (Wildman–Crippen MR) is 125 cm³/mol. The zero-order valence-corrected chi connectivity index (χ0v) is 19.0. The van der Waals surface area contributed by atoms with E-state index in [-0.39, 0.29) is 18.2 Å². The molecule has 2 amide bonds. The number of carbonyl (C=O) groups is 3. The number of esters is 1. The summed E-state index contributed by atoms with van der Waals surface area (Å²) >= 11 is 1.22. The van der Waals surface area contributed by atoms with Crippen LogP contribution < -0.4 is 10.1 Å². The molecule has 1 fully saturated rings. The summed E-state index contributed by atoms with van der Waals surface area (Å²) in [6.45, 7) is 2.66. The Morgan fingerprint density at radius 2 is 1.84 bits per heavy atom. The van der Waals surface area contributed by atoms with E-state index in [1.165, 1.54) is 23.8 Å². The first-order chi connectivity index (χ1) is 15.4. The molecule has 1 atom stereocenters. The monoisotopic (exact) mass is 455 g/mol. The van der Waals surface area contributed by atoms with Gasteiger partial charge < -0.3 is 14.8 Å². The van der Waals surface area contributed by atoms with Crippen molar-refractivity contribution in [3.8, 4) is 5.75 Å². The average Bonchev–Trinajstić information content (AvgIpc) is 2.81. The molecular weight excluding hydrogens is 430 g/mol. The van der Waals surface area contributed by atoms with Crippen LogP contribution in [0.15, 0.2) is 53.5 Å². The van der Waals surface area contributed by atoms with E-state index in [4.69, 9.17) is 4.74 Å². The normalized spacial score (nSPS) is 17.2. The van der Waals surface area contributed by atoms with Crippen molar-refractivity contribution in [2.24, 2.45) is 4.99 Å². The van der Waals surface area contributed by atoms with Crippen molar-refractivity contribution in [2.45, 2.75) is 25.0 Å². The van der Waals surface area contributed by atoms with E-state index in [2.05, 4.69) is 15.0 Å². The highest BCUT2D eigenvalue weighted by Gasteiger charge is 2.34. The van der Waals surface area contributed by atoms with Gasteiger partial charge in [0.1, 0.15) is 11.0 Å². The average molecular weight is 456 g/mol. The molecule has 2 aromatic rings. The number of aliphatic imine (C=N–C) groups is 1. The van der Waals surface area contributed by atoms with Gasteiger partial charge in [0.05, 0.1) is 25.0 Å². The highest BCUT2D eigenvalue weighted by Crippen LogP contribution is 2.29. The SMILES string of the molecule is CCCOc1ccc(NC(=O)C2CC(=O)N(C)C(=Nc3ccc(C(=O)OC)cc3)S2)cc1. The minimum atomic E-state index is -0.609. The fourth-order valence-corrected chi connectivity index (χ4v) is 3.94. The van der Waals surface area contributed by atoms with Crippen molar-refractivity contribution >= 4 is 46.1 Å². The van der Waals surface area contributed by atoms with E-state index >= 15 is 0 Å². The smallest absolute Gasteiger partial charge is 0.337 e. The molecule has 0 aliphatic carbocycles. The Hall–Kier alpha value is -3.33. The van der Waals surface area contributed by atoms with Gasteiger partial charge in [-0.25, -0.2) is 9.79 Å². The van der Waals surface area contributed by atoms with Gasteiger partial charge in [-0.05, 0) is 55.0 Å². The Labute approximate surface area is 191 Å². The summed E-state index contributed by atoms with van der Waals surface area (Å²) in [5.41, 5.74) is 1.59. The molecule has 1 N–H and O–H groups in total. The Balaban J connectivity index is 1.69. The number of carbonyl (C=O) groups excluding carboxylic acids is 3. The standard InChI is InChI=1S/C23H25N3O5S/c1-4-13-31-18-11-9-16(10-12-18)24-21(28)19-14-20(27)26(2)23(32-19)25-17-7-5-15(6-8-17)22(29)30-3/h5-12,19H,4,13-14H2,1-3H3,(H,24,28). The second kappa shape index (κ2) is 10.8. The molecule has 1 unspecified atom stereocenters. The van der Waals surface area contributed by atoms with E-state index in [1.807, 2.05) is 6.92 Å². The van der Waals surface area contributed by atoms with E-state index in [0.29, 0.717) is 28.7 Å². The second-order valence-electron chi connectivity index (χ2n) is 7.06. The molecule has 1 aliphatic heterocycles. The Bertz CT molecular complexity index is 1010. The van der Waals surface area contributed by atoms with Gasteiger partial charge in [-0.2, -0.15) is 0 Å². The van der Waals surface area contributed by atoms with Crippen LogP contribution in [0, 0.1) is 0 Å². The van der Waals surface area contributed by atoms with Gasteiger partial charge in [0.15, 0.2) is 5.17 Å². The zero-order chi connectivity index (χ0) is 23.1. The molecule has 168 valence electrons. The van der Waals surface area contributed by atoms with Crippen LogP contribution in [0.4, 0.5) is 11.4 Å². The molecule has 2 aromatic carbocycles. The summed E-state index contributed by atoms with van der Waals surface area (Å²) in [5.74, 6) is -0.170. The van der Waals surface area contributed by atoms with Crippen LogP contribution in [-0.2, 0) is 14.3 Å². The lowest BCUT2D eigenvalue weighted by Gasteiger charge is -2.28. The third-order valence-electron chi connectivity index (χ3n) is 4.67. The zero-order valence-electron chi connectivity index (χ0n) is 18.2. The van der Waals surface area contributed by atoms with Crippen LogP contribution in [0.2, 0.25) is 0 Å². The largest absolute Gasteiger partial charge is 0.494 e. The van der Waals surface area contributed by atoms with Crippen molar-refractivity contribution in [1.29, 1.82) is 0 Å². The molecule has 0 aromatic heterocycles. The topological polar surface area (TPSA) is 97.3 Å². The van der Waals surface area contributed by atoms with E-state index in [0.717, 1.165) is 12.2 Å². The van der Waals surface area contributed by atoms with Crippen LogP contribution in [0.5, 0.6) is 5.75 Å². The molecule has 0 radical (unpaired) electrons. The maximum Gasteiger partial charge on any atom is 0.337 e. The van der Waals surface area contributed by atoms with Crippen molar-refractivity contribution < 1.29 is 23.9 Å². The van der Waals surface area contributed by atoms with Crippen LogP contribution in [0.3, 0.4) is 0 Å². The Morgan fingerprint density at radius 1 is 1.16 bits per heavy atom. The van der Waals surface area contributed by atoms with E-state index in [9.17, 15) is 14.4 Å². The minimum Gasteiger partial charge on any atom is -0.494 e. The molecule has 32 heavy (non-hydrogen) atoms.